The van der Waals surface area contributed by atoms with Crippen molar-refractivity contribution in [3.63, 3.8) is 0 Å². The third-order valence-electron chi connectivity index (χ3n) is 3.20. The Hall–Kier alpha value is -1.52. The van der Waals surface area contributed by atoms with Gasteiger partial charge in [-0.25, -0.2) is 8.78 Å². The van der Waals surface area contributed by atoms with Crippen LogP contribution in [0, 0.1) is 11.6 Å². The molecule has 1 N–H and O–H groups in total. The van der Waals surface area contributed by atoms with Crippen molar-refractivity contribution in [3.05, 3.63) is 64.4 Å². The molecule has 0 fully saturated rings. The molecule has 0 saturated heterocycles. The minimum Gasteiger partial charge on any atom is -0.310 e. The van der Waals surface area contributed by atoms with E-state index in [1.165, 1.54) is 24.3 Å². The molecule has 112 valence electrons. The monoisotopic (exact) mass is 310 g/mol. The molecule has 2 aromatic rings. The van der Waals surface area contributed by atoms with Gasteiger partial charge in [-0.15, -0.1) is 0 Å². The highest BCUT2D eigenvalue weighted by Gasteiger charge is 2.15. The van der Waals surface area contributed by atoms with Crippen LogP contribution in [0.4, 0.5) is 8.78 Å². The summed E-state index contributed by atoms with van der Waals surface area (Å²) in [5.74, 6) is -0.720. The quantitative estimate of drug-likeness (QED) is 0.860. The number of hydrogen-bond acceptors (Lipinski definition) is 2. The van der Waals surface area contributed by atoms with Gasteiger partial charge in [0.05, 0.1) is 6.20 Å². The van der Waals surface area contributed by atoms with Crippen LogP contribution in [0.15, 0.2) is 36.7 Å². The third kappa shape index (κ3) is 4.48. The van der Waals surface area contributed by atoms with Crippen LogP contribution in [0.2, 0.25) is 5.02 Å². The highest BCUT2D eigenvalue weighted by Crippen LogP contribution is 2.24. The standard InChI is InChI=1S/C16H17ClF2N2/c1-2-5-21-16(12-7-14(19)10-20-9-12)8-11-6-13(18)3-4-15(11)17/h3-4,6-7,9-10,16,21H,2,5,8H2,1H3. The van der Waals surface area contributed by atoms with Gasteiger partial charge in [0.2, 0.25) is 0 Å². The van der Waals surface area contributed by atoms with Gasteiger partial charge in [-0.3, -0.25) is 4.98 Å². The van der Waals surface area contributed by atoms with Gasteiger partial charge in [-0.05, 0) is 54.8 Å². The summed E-state index contributed by atoms with van der Waals surface area (Å²) in [7, 11) is 0. The predicted octanol–water partition coefficient (Wildman–Crippen LogP) is 4.30. The molecule has 1 heterocycles. The molecule has 0 aliphatic heterocycles. The molecular weight excluding hydrogens is 294 g/mol. The Balaban J connectivity index is 2.25. The Morgan fingerprint density at radius 3 is 2.71 bits per heavy atom. The number of rotatable bonds is 6. The van der Waals surface area contributed by atoms with E-state index in [1.54, 1.807) is 6.20 Å². The Morgan fingerprint density at radius 1 is 1.19 bits per heavy atom. The van der Waals surface area contributed by atoms with Crippen LogP contribution in [-0.2, 0) is 6.42 Å². The lowest BCUT2D eigenvalue weighted by Crippen LogP contribution is -2.24. The van der Waals surface area contributed by atoms with Gasteiger partial charge in [0, 0.05) is 17.3 Å². The van der Waals surface area contributed by atoms with Crippen LogP contribution in [0.5, 0.6) is 0 Å². The zero-order valence-corrected chi connectivity index (χ0v) is 12.5. The summed E-state index contributed by atoms with van der Waals surface area (Å²) >= 11 is 6.11. The van der Waals surface area contributed by atoms with E-state index >= 15 is 0 Å². The molecule has 1 atom stereocenters. The van der Waals surface area contributed by atoms with Crippen molar-refractivity contribution in [2.45, 2.75) is 25.8 Å². The third-order valence-corrected chi connectivity index (χ3v) is 3.57. The van der Waals surface area contributed by atoms with Gasteiger partial charge in [0.25, 0.3) is 0 Å². The second-order valence-electron chi connectivity index (χ2n) is 4.88. The normalized spacial score (nSPS) is 12.4. The molecule has 0 spiro atoms. The fourth-order valence-corrected chi connectivity index (χ4v) is 2.36. The molecule has 1 unspecified atom stereocenters. The van der Waals surface area contributed by atoms with Crippen LogP contribution < -0.4 is 5.32 Å². The lowest BCUT2D eigenvalue weighted by Gasteiger charge is -2.19. The average Bonchev–Trinajstić information content (AvgIpc) is 2.47. The van der Waals surface area contributed by atoms with Crippen LogP contribution in [0.25, 0.3) is 0 Å². The number of pyridine rings is 1. The SMILES string of the molecule is CCCNC(Cc1cc(F)ccc1Cl)c1cncc(F)c1. The predicted molar refractivity (Wildman–Crippen MR) is 80.3 cm³/mol. The van der Waals surface area contributed by atoms with E-state index in [-0.39, 0.29) is 17.7 Å². The van der Waals surface area contributed by atoms with Crippen LogP contribution in [-0.4, -0.2) is 11.5 Å². The van der Waals surface area contributed by atoms with E-state index in [0.717, 1.165) is 24.7 Å². The number of benzene rings is 1. The van der Waals surface area contributed by atoms with E-state index in [0.29, 0.717) is 17.0 Å². The molecule has 0 bridgehead atoms. The average molecular weight is 311 g/mol. The largest absolute Gasteiger partial charge is 0.310 e. The maximum absolute atomic E-state index is 13.4. The van der Waals surface area contributed by atoms with Gasteiger partial charge in [-0.2, -0.15) is 0 Å². The minimum atomic E-state index is -0.388. The summed E-state index contributed by atoms with van der Waals surface area (Å²) in [6.07, 6.45) is 4.19. The molecule has 0 aliphatic carbocycles. The van der Waals surface area contributed by atoms with Gasteiger partial charge < -0.3 is 5.32 Å². The molecule has 5 heteroatoms. The van der Waals surface area contributed by atoms with Crippen molar-refractivity contribution in [1.82, 2.24) is 10.3 Å². The number of nitrogens with one attached hydrogen (secondary N) is 1. The number of nitrogens with zero attached hydrogens (tertiary/aromatic N) is 1. The fourth-order valence-electron chi connectivity index (χ4n) is 2.16. The second-order valence-corrected chi connectivity index (χ2v) is 5.29. The van der Waals surface area contributed by atoms with Crippen molar-refractivity contribution >= 4 is 11.6 Å². The Morgan fingerprint density at radius 2 is 2.00 bits per heavy atom. The lowest BCUT2D eigenvalue weighted by atomic mass is 9.99. The van der Waals surface area contributed by atoms with Gasteiger partial charge in [-0.1, -0.05) is 18.5 Å². The first kappa shape index (κ1) is 15.9. The van der Waals surface area contributed by atoms with Crippen LogP contribution in [0.3, 0.4) is 0 Å². The van der Waals surface area contributed by atoms with Gasteiger partial charge >= 0.3 is 0 Å². The molecule has 0 saturated carbocycles. The first-order valence-electron chi connectivity index (χ1n) is 6.88. The van der Waals surface area contributed by atoms with Crippen molar-refractivity contribution in [3.8, 4) is 0 Å². The van der Waals surface area contributed by atoms with Gasteiger partial charge in [0.1, 0.15) is 11.6 Å². The smallest absolute Gasteiger partial charge is 0.141 e. The Bertz CT molecular complexity index is 605. The van der Waals surface area contributed by atoms with E-state index in [1.807, 2.05) is 6.92 Å². The molecule has 1 aromatic carbocycles. The van der Waals surface area contributed by atoms with Crippen LogP contribution in [0.1, 0.15) is 30.5 Å². The summed E-state index contributed by atoms with van der Waals surface area (Å²) in [5.41, 5.74) is 1.42. The van der Waals surface area contributed by atoms with E-state index in [2.05, 4.69) is 10.3 Å². The summed E-state index contributed by atoms with van der Waals surface area (Å²) in [5, 5.41) is 3.82. The fraction of sp³-hybridized carbons (Fsp3) is 0.312. The van der Waals surface area contributed by atoms with Crippen LogP contribution >= 0.6 is 11.6 Å². The molecule has 2 rings (SSSR count). The molecular formula is C16H17ClF2N2. The molecule has 2 nitrogen and oxygen atoms in total. The topological polar surface area (TPSA) is 24.9 Å². The highest BCUT2D eigenvalue weighted by atomic mass is 35.5. The minimum absolute atomic E-state index is 0.160. The Labute approximate surface area is 128 Å². The van der Waals surface area contributed by atoms with Gasteiger partial charge in [0.15, 0.2) is 0 Å². The van der Waals surface area contributed by atoms with Crippen molar-refractivity contribution in [1.29, 1.82) is 0 Å². The molecule has 21 heavy (non-hydrogen) atoms. The summed E-state index contributed by atoms with van der Waals surface area (Å²) in [6.45, 7) is 2.82. The molecule has 0 amide bonds. The molecule has 1 aromatic heterocycles. The zero-order chi connectivity index (χ0) is 15.2. The van der Waals surface area contributed by atoms with E-state index < -0.39 is 0 Å². The Kier molecular flexibility index (Phi) is 5.65. The summed E-state index contributed by atoms with van der Waals surface area (Å²) < 4.78 is 26.7. The zero-order valence-electron chi connectivity index (χ0n) is 11.7. The first-order valence-corrected chi connectivity index (χ1v) is 7.25. The summed E-state index contributed by atoms with van der Waals surface area (Å²) in [6, 6.07) is 5.55. The maximum Gasteiger partial charge on any atom is 0.141 e. The number of hydrogen-bond donors (Lipinski definition) is 1. The van der Waals surface area contributed by atoms with Crippen molar-refractivity contribution in [2.75, 3.05) is 6.54 Å². The van der Waals surface area contributed by atoms with Crippen molar-refractivity contribution < 1.29 is 8.78 Å². The summed E-state index contributed by atoms with van der Waals surface area (Å²) in [4.78, 5) is 3.87. The molecule has 0 radical (unpaired) electrons. The second kappa shape index (κ2) is 7.48. The highest BCUT2D eigenvalue weighted by molar-refractivity contribution is 6.31. The first-order chi connectivity index (χ1) is 10.1. The van der Waals surface area contributed by atoms with E-state index in [9.17, 15) is 8.78 Å². The van der Waals surface area contributed by atoms with E-state index in [4.69, 9.17) is 11.6 Å². The maximum atomic E-state index is 13.4. The molecule has 0 aliphatic rings. The van der Waals surface area contributed by atoms with Crippen molar-refractivity contribution in [2.24, 2.45) is 0 Å². The number of aromatic nitrogens is 1. The lowest BCUT2D eigenvalue weighted by molar-refractivity contribution is 0.520. The number of halogens is 3.